The Morgan fingerprint density at radius 3 is 2.10 bits per heavy atom. The Labute approximate surface area is 232 Å². The van der Waals surface area contributed by atoms with Crippen LogP contribution in [-0.2, 0) is 34.4 Å². The quantitative estimate of drug-likeness (QED) is 0.316. The lowest BCUT2D eigenvalue weighted by Gasteiger charge is -2.32. The lowest BCUT2D eigenvalue weighted by atomic mass is 9.86. The van der Waals surface area contributed by atoms with E-state index >= 15 is 0 Å². The van der Waals surface area contributed by atoms with Crippen molar-refractivity contribution >= 4 is 11.8 Å². The lowest BCUT2D eigenvalue weighted by Crippen LogP contribution is -2.52. The summed E-state index contributed by atoms with van der Waals surface area (Å²) in [6.45, 7) is 6.80. The third-order valence-corrected chi connectivity index (χ3v) is 7.69. The van der Waals surface area contributed by atoms with Gasteiger partial charge in [-0.25, -0.2) is 4.39 Å². The van der Waals surface area contributed by atoms with Crippen LogP contribution in [0.25, 0.3) is 0 Å². The monoisotopic (exact) mass is 528 g/mol. The maximum absolute atomic E-state index is 13.9. The number of nitrogens with zero attached hydrogens (tertiary/aromatic N) is 1. The minimum atomic E-state index is -0.659. The van der Waals surface area contributed by atoms with Gasteiger partial charge in [0.05, 0.1) is 0 Å². The van der Waals surface area contributed by atoms with E-state index in [0.29, 0.717) is 12.8 Å². The van der Waals surface area contributed by atoms with Crippen LogP contribution in [0.1, 0.15) is 75.1 Å². The fourth-order valence-electron chi connectivity index (χ4n) is 5.27. The van der Waals surface area contributed by atoms with Crippen LogP contribution in [0.4, 0.5) is 4.39 Å². The van der Waals surface area contributed by atoms with Crippen molar-refractivity contribution in [1.29, 1.82) is 0 Å². The van der Waals surface area contributed by atoms with Crippen molar-refractivity contribution in [3.63, 3.8) is 0 Å². The number of amides is 2. The summed E-state index contributed by atoms with van der Waals surface area (Å²) in [6, 6.07) is 24.0. The Kier molecular flexibility index (Phi) is 9.55. The summed E-state index contributed by atoms with van der Waals surface area (Å²) < 4.78 is 13.7. The molecule has 1 fully saturated rings. The molecule has 0 saturated heterocycles. The summed E-state index contributed by atoms with van der Waals surface area (Å²) in [5.74, 6) is -0.521. The molecule has 1 atom stereocenters. The summed E-state index contributed by atoms with van der Waals surface area (Å²) in [5, 5.41) is 3.23. The van der Waals surface area contributed by atoms with Gasteiger partial charge in [0.15, 0.2) is 0 Å². The highest BCUT2D eigenvalue weighted by Gasteiger charge is 2.32. The number of halogens is 1. The van der Waals surface area contributed by atoms with Crippen LogP contribution >= 0.6 is 0 Å². The number of carbonyl (C=O) groups excluding carboxylic acids is 2. The van der Waals surface area contributed by atoms with Crippen molar-refractivity contribution in [2.24, 2.45) is 0 Å². The molecule has 206 valence electrons. The summed E-state index contributed by atoms with van der Waals surface area (Å²) >= 11 is 0. The van der Waals surface area contributed by atoms with E-state index in [9.17, 15) is 14.0 Å². The molecule has 0 heterocycles. The summed E-state index contributed by atoms with van der Waals surface area (Å²) in [5.41, 5.74) is 4.21. The van der Waals surface area contributed by atoms with Crippen LogP contribution in [0.2, 0.25) is 0 Å². The summed E-state index contributed by atoms with van der Waals surface area (Å²) in [7, 11) is 0. The highest BCUT2D eigenvalue weighted by Crippen LogP contribution is 2.24. The zero-order chi connectivity index (χ0) is 27.8. The topological polar surface area (TPSA) is 49.4 Å². The van der Waals surface area contributed by atoms with Gasteiger partial charge in [-0.3, -0.25) is 9.59 Å². The van der Waals surface area contributed by atoms with E-state index in [1.807, 2.05) is 30.3 Å². The summed E-state index contributed by atoms with van der Waals surface area (Å²) in [4.78, 5) is 29.3. The van der Waals surface area contributed by atoms with Crippen molar-refractivity contribution in [3.05, 3.63) is 107 Å². The number of rotatable bonds is 10. The Morgan fingerprint density at radius 2 is 1.49 bits per heavy atom. The fourth-order valence-corrected chi connectivity index (χ4v) is 5.27. The third-order valence-electron chi connectivity index (χ3n) is 7.69. The molecule has 1 aliphatic carbocycles. The molecule has 5 heteroatoms. The number of carbonyl (C=O) groups is 2. The predicted molar refractivity (Wildman–Crippen MR) is 155 cm³/mol. The van der Waals surface area contributed by atoms with Crippen LogP contribution in [-0.4, -0.2) is 28.8 Å². The van der Waals surface area contributed by atoms with Gasteiger partial charge in [0.25, 0.3) is 0 Å². The van der Waals surface area contributed by atoms with E-state index in [-0.39, 0.29) is 42.1 Å². The molecule has 1 N–H and O–H groups in total. The van der Waals surface area contributed by atoms with Crippen LogP contribution in [0.5, 0.6) is 0 Å². The van der Waals surface area contributed by atoms with Crippen molar-refractivity contribution in [3.8, 4) is 0 Å². The van der Waals surface area contributed by atoms with Crippen molar-refractivity contribution in [1.82, 2.24) is 10.2 Å². The van der Waals surface area contributed by atoms with Gasteiger partial charge in [-0.05, 0) is 59.1 Å². The van der Waals surface area contributed by atoms with Crippen molar-refractivity contribution in [2.45, 2.75) is 89.8 Å². The predicted octanol–water partition coefficient (Wildman–Crippen LogP) is 6.75. The Balaban J connectivity index is 1.58. The first kappa shape index (κ1) is 28.5. The molecule has 3 aromatic carbocycles. The molecule has 0 unspecified atom stereocenters. The first-order chi connectivity index (χ1) is 18.7. The molecule has 3 aromatic rings. The van der Waals surface area contributed by atoms with E-state index in [1.54, 1.807) is 17.0 Å². The van der Waals surface area contributed by atoms with E-state index < -0.39 is 6.04 Å². The zero-order valence-corrected chi connectivity index (χ0v) is 23.5. The minimum Gasteiger partial charge on any atom is -0.352 e. The molecule has 1 saturated carbocycles. The molecule has 0 bridgehead atoms. The Morgan fingerprint density at radius 1 is 0.872 bits per heavy atom. The first-order valence-electron chi connectivity index (χ1n) is 14.2. The molecule has 39 heavy (non-hydrogen) atoms. The number of hydrogen-bond acceptors (Lipinski definition) is 2. The number of nitrogens with one attached hydrogen (secondary N) is 1. The third kappa shape index (κ3) is 8.26. The largest absolute Gasteiger partial charge is 0.352 e. The van der Waals surface area contributed by atoms with Crippen LogP contribution in [0.3, 0.4) is 0 Å². The van der Waals surface area contributed by atoms with Crippen LogP contribution in [0.15, 0.2) is 78.9 Å². The molecular formula is C34H41FN2O2. The molecule has 0 aromatic heterocycles. The Hall–Kier alpha value is -3.47. The van der Waals surface area contributed by atoms with E-state index in [1.165, 1.54) is 17.7 Å². The van der Waals surface area contributed by atoms with E-state index in [2.05, 4.69) is 50.4 Å². The SMILES string of the molecule is CC(C)(C)c1ccc(CCC(=O)N(Cc2ccc(F)cc2)[C@H](Cc2ccccc2)C(=O)NC2CCCC2)cc1. The normalized spacial score (nSPS) is 14.7. The molecule has 0 aliphatic heterocycles. The van der Waals surface area contributed by atoms with Crippen molar-refractivity contribution < 1.29 is 14.0 Å². The smallest absolute Gasteiger partial charge is 0.243 e. The minimum absolute atomic E-state index is 0.0671. The summed E-state index contributed by atoms with van der Waals surface area (Å²) in [6.07, 6.45) is 5.47. The first-order valence-corrected chi connectivity index (χ1v) is 14.2. The van der Waals surface area contributed by atoms with Gasteiger partial charge in [-0.2, -0.15) is 0 Å². The van der Waals surface area contributed by atoms with Crippen molar-refractivity contribution in [2.75, 3.05) is 0 Å². The van der Waals surface area contributed by atoms with Gasteiger partial charge < -0.3 is 10.2 Å². The average molecular weight is 529 g/mol. The maximum atomic E-state index is 13.9. The highest BCUT2D eigenvalue weighted by atomic mass is 19.1. The zero-order valence-electron chi connectivity index (χ0n) is 23.5. The van der Waals surface area contributed by atoms with Gasteiger partial charge >= 0.3 is 0 Å². The fraction of sp³-hybridized carbons (Fsp3) is 0.412. The van der Waals surface area contributed by atoms with Gasteiger partial charge in [0.2, 0.25) is 11.8 Å². The number of benzene rings is 3. The molecule has 0 spiro atoms. The Bertz CT molecular complexity index is 1210. The second-order valence-corrected chi connectivity index (χ2v) is 11.8. The highest BCUT2D eigenvalue weighted by molar-refractivity contribution is 5.88. The van der Waals surface area contributed by atoms with Crippen LogP contribution in [0, 0.1) is 5.82 Å². The molecule has 4 rings (SSSR count). The van der Waals surface area contributed by atoms with Gasteiger partial charge in [-0.15, -0.1) is 0 Å². The molecule has 1 aliphatic rings. The average Bonchev–Trinajstić information content (AvgIpc) is 3.43. The van der Waals surface area contributed by atoms with E-state index in [0.717, 1.165) is 42.4 Å². The second kappa shape index (κ2) is 13.1. The van der Waals surface area contributed by atoms with Gasteiger partial charge in [-0.1, -0.05) is 100 Å². The standard InChI is InChI=1S/C34H41FN2O2/c1-34(2,3)28-18-13-25(14-19-28)17-22-32(38)37(24-27-15-20-29(35)21-16-27)31(23-26-9-5-4-6-10-26)33(39)36-30-11-7-8-12-30/h4-6,9-10,13-16,18-21,30-31H,7-8,11-12,17,22-24H2,1-3H3,(H,36,39)/t31-/m1/s1. The van der Waals surface area contributed by atoms with Gasteiger partial charge in [0.1, 0.15) is 11.9 Å². The lowest BCUT2D eigenvalue weighted by molar-refractivity contribution is -0.141. The van der Waals surface area contributed by atoms with E-state index in [4.69, 9.17) is 0 Å². The maximum Gasteiger partial charge on any atom is 0.243 e. The van der Waals surface area contributed by atoms with Crippen LogP contribution < -0.4 is 5.32 Å². The molecular weight excluding hydrogens is 487 g/mol. The molecule has 4 nitrogen and oxygen atoms in total. The molecule has 0 radical (unpaired) electrons. The second-order valence-electron chi connectivity index (χ2n) is 11.8. The van der Waals surface area contributed by atoms with Gasteiger partial charge in [0, 0.05) is 25.4 Å². The number of aryl methyl sites for hydroxylation is 1. The molecule has 2 amide bonds. The number of hydrogen-bond donors (Lipinski definition) is 1.